The molecule has 5 nitrogen and oxygen atoms in total. The molecule has 1 saturated heterocycles. The molecule has 10 heavy (non-hydrogen) atoms. The van der Waals surface area contributed by atoms with E-state index >= 15 is 0 Å². The average molecular weight is 143 g/mol. The van der Waals surface area contributed by atoms with Gasteiger partial charge in [-0.2, -0.15) is 0 Å². The zero-order valence-electron chi connectivity index (χ0n) is 5.47. The molecule has 0 aromatic heterocycles. The van der Waals surface area contributed by atoms with E-state index < -0.39 is 0 Å². The normalized spacial score (nSPS) is 31.7. The molecule has 1 N–H and O–H groups in total. The Hall–Kier alpha value is -0.770. The van der Waals surface area contributed by atoms with Crippen LogP contribution < -0.4 is 0 Å². The fourth-order valence-electron chi connectivity index (χ4n) is 0.942. The minimum atomic E-state index is -0.376. The number of azide groups is 1. The third-order valence-electron chi connectivity index (χ3n) is 1.41. The molecule has 0 saturated carbocycles. The molecule has 1 aliphatic heterocycles. The Kier molecular flexibility index (Phi) is 2.50. The number of ether oxygens (including phenoxy) is 1. The van der Waals surface area contributed by atoms with Crippen molar-refractivity contribution in [2.24, 2.45) is 5.11 Å². The zero-order valence-corrected chi connectivity index (χ0v) is 5.47. The first-order valence-corrected chi connectivity index (χ1v) is 3.13. The number of aliphatic hydroxyl groups excluding tert-OH is 1. The number of nitrogens with zero attached hydrogens (tertiary/aromatic N) is 3. The molecule has 5 heteroatoms. The molecule has 1 aliphatic rings. The second-order valence-electron chi connectivity index (χ2n) is 2.26. The van der Waals surface area contributed by atoms with E-state index in [0.29, 0.717) is 19.6 Å². The summed E-state index contributed by atoms with van der Waals surface area (Å²) in [5.41, 5.74) is 7.93. The highest BCUT2D eigenvalue weighted by Crippen LogP contribution is 2.12. The van der Waals surface area contributed by atoms with Crippen molar-refractivity contribution in [3.05, 3.63) is 10.4 Å². The fourth-order valence-corrected chi connectivity index (χ4v) is 0.942. The van der Waals surface area contributed by atoms with Gasteiger partial charge in [0, 0.05) is 11.3 Å². The topological polar surface area (TPSA) is 78.2 Å². The average Bonchev–Trinajstić information content (AvgIpc) is 2.31. The van der Waals surface area contributed by atoms with Crippen molar-refractivity contribution in [2.75, 3.05) is 13.2 Å². The number of rotatable bonds is 2. The lowest BCUT2D eigenvalue weighted by molar-refractivity contribution is 0.0927. The van der Waals surface area contributed by atoms with Crippen LogP contribution in [-0.4, -0.2) is 30.5 Å². The smallest absolute Gasteiger partial charge is 0.0798 e. The maximum atomic E-state index is 8.94. The highest BCUT2D eigenvalue weighted by atomic mass is 16.5. The van der Waals surface area contributed by atoms with Crippen LogP contribution in [0.5, 0.6) is 0 Å². The first-order chi connectivity index (χ1) is 4.83. The van der Waals surface area contributed by atoms with Crippen molar-refractivity contribution >= 4 is 0 Å². The molecule has 1 fully saturated rings. The van der Waals surface area contributed by atoms with Crippen molar-refractivity contribution in [2.45, 2.75) is 18.6 Å². The van der Waals surface area contributed by atoms with Gasteiger partial charge in [-0.3, -0.25) is 0 Å². The Labute approximate surface area is 58.2 Å². The molecular formula is C5H9N3O2. The van der Waals surface area contributed by atoms with Crippen LogP contribution in [0.3, 0.4) is 0 Å². The largest absolute Gasteiger partial charge is 0.391 e. The monoisotopic (exact) mass is 143 g/mol. The molecule has 0 spiro atoms. The molecule has 0 aromatic carbocycles. The number of hydrogen-bond acceptors (Lipinski definition) is 3. The molecule has 0 unspecified atom stereocenters. The van der Waals surface area contributed by atoms with Crippen LogP contribution in [0.4, 0.5) is 0 Å². The summed E-state index contributed by atoms with van der Waals surface area (Å²) >= 11 is 0. The first kappa shape index (κ1) is 7.34. The fraction of sp³-hybridized carbons (Fsp3) is 1.00. The number of hydrogen-bond donors (Lipinski definition) is 1. The maximum absolute atomic E-state index is 8.94. The van der Waals surface area contributed by atoms with Gasteiger partial charge in [-0.15, -0.1) is 0 Å². The minimum Gasteiger partial charge on any atom is -0.391 e. The van der Waals surface area contributed by atoms with Gasteiger partial charge in [0.15, 0.2) is 0 Å². The van der Waals surface area contributed by atoms with E-state index in [1.807, 2.05) is 0 Å². The van der Waals surface area contributed by atoms with Gasteiger partial charge in [-0.1, -0.05) is 5.11 Å². The van der Waals surface area contributed by atoms with Crippen LogP contribution in [0, 0.1) is 0 Å². The van der Waals surface area contributed by atoms with E-state index in [-0.39, 0.29) is 12.2 Å². The van der Waals surface area contributed by atoms with E-state index in [9.17, 15) is 0 Å². The van der Waals surface area contributed by atoms with E-state index in [1.54, 1.807) is 0 Å². The van der Waals surface area contributed by atoms with E-state index in [4.69, 9.17) is 15.4 Å². The standard InChI is InChI=1S/C5H9N3O2/c6-8-7-2-5-1-4(9)3-10-5/h4-5,9H,1-3H2/t4-,5+/m0/s1. The minimum absolute atomic E-state index is 0.0779. The van der Waals surface area contributed by atoms with Gasteiger partial charge < -0.3 is 9.84 Å². The van der Waals surface area contributed by atoms with Crippen molar-refractivity contribution in [3.8, 4) is 0 Å². The van der Waals surface area contributed by atoms with Crippen LogP contribution in [-0.2, 0) is 4.74 Å². The SMILES string of the molecule is [N-]=[N+]=NC[C@H]1C[C@H](O)CO1. The maximum Gasteiger partial charge on any atom is 0.0798 e. The van der Waals surface area contributed by atoms with Gasteiger partial charge >= 0.3 is 0 Å². The van der Waals surface area contributed by atoms with Crippen LogP contribution in [0.2, 0.25) is 0 Å². The predicted octanol–water partition coefficient (Wildman–Crippen LogP) is 0.447. The van der Waals surface area contributed by atoms with Gasteiger partial charge in [0.05, 0.1) is 25.4 Å². The van der Waals surface area contributed by atoms with E-state index in [2.05, 4.69) is 10.0 Å². The lowest BCUT2D eigenvalue weighted by Crippen LogP contribution is -2.09. The van der Waals surface area contributed by atoms with Gasteiger partial charge in [0.1, 0.15) is 0 Å². The van der Waals surface area contributed by atoms with Crippen molar-refractivity contribution in [1.82, 2.24) is 0 Å². The third-order valence-corrected chi connectivity index (χ3v) is 1.41. The van der Waals surface area contributed by atoms with E-state index in [0.717, 1.165) is 0 Å². The quantitative estimate of drug-likeness (QED) is 0.346. The summed E-state index contributed by atoms with van der Waals surface area (Å²) < 4.78 is 5.05. The molecule has 1 rings (SSSR count). The summed E-state index contributed by atoms with van der Waals surface area (Å²) in [5.74, 6) is 0. The lowest BCUT2D eigenvalue weighted by Gasteiger charge is -2.01. The van der Waals surface area contributed by atoms with E-state index in [1.165, 1.54) is 0 Å². The van der Waals surface area contributed by atoms with Crippen LogP contribution in [0.1, 0.15) is 6.42 Å². The van der Waals surface area contributed by atoms with Crippen LogP contribution in [0.15, 0.2) is 5.11 Å². The Bertz CT molecular complexity index is 155. The Morgan fingerprint density at radius 2 is 2.60 bits per heavy atom. The Balaban J connectivity index is 2.24. The molecule has 0 amide bonds. The van der Waals surface area contributed by atoms with Crippen molar-refractivity contribution in [1.29, 1.82) is 0 Å². The second kappa shape index (κ2) is 3.41. The molecule has 1 heterocycles. The molecule has 2 atom stereocenters. The first-order valence-electron chi connectivity index (χ1n) is 3.13. The summed E-state index contributed by atoms with van der Waals surface area (Å²) in [7, 11) is 0. The summed E-state index contributed by atoms with van der Waals surface area (Å²) in [6.45, 7) is 0.694. The number of aliphatic hydroxyl groups is 1. The second-order valence-corrected chi connectivity index (χ2v) is 2.26. The molecule has 0 aromatic rings. The van der Waals surface area contributed by atoms with Crippen molar-refractivity contribution < 1.29 is 9.84 Å². The Morgan fingerprint density at radius 3 is 3.10 bits per heavy atom. The molecule has 56 valence electrons. The highest BCUT2D eigenvalue weighted by Gasteiger charge is 2.22. The van der Waals surface area contributed by atoms with Crippen LogP contribution >= 0.6 is 0 Å². The lowest BCUT2D eigenvalue weighted by atomic mass is 10.2. The molecule has 0 radical (unpaired) electrons. The zero-order chi connectivity index (χ0) is 7.40. The predicted molar refractivity (Wildman–Crippen MR) is 34.4 cm³/mol. The van der Waals surface area contributed by atoms with Gasteiger partial charge in [0.2, 0.25) is 0 Å². The van der Waals surface area contributed by atoms with Crippen LogP contribution in [0.25, 0.3) is 10.4 Å². The Morgan fingerprint density at radius 1 is 1.80 bits per heavy atom. The van der Waals surface area contributed by atoms with Gasteiger partial charge in [-0.25, -0.2) is 0 Å². The molecule has 0 aliphatic carbocycles. The molecule has 0 bridgehead atoms. The molecular weight excluding hydrogens is 134 g/mol. The third kappa shape index (κ3) is 1.88. The highest BCUT2D eigenvalue weighted by molar-refractivity contribution is 4.73. The summed E-state index contributed by atoms with van der Waals surface area (Å²) in [4.78, 5) is 2.59. The van der Waals surface area contributed by atoms with Gasteiger partial charge in [0.25, 0.3) is 0 Å². The summed E-state index contributed by atoms with van der Waals surface area (Å²) in [6, 6.07) is 0. The van der Waals surface area contributed by atoms with Crippen molar-refractivity contribution in [3.63, 3.8) is 0 Å². The summed E-state index contributed by atoms with van der Waals surface area (Å²) in [6.07, 6.45) is 0.128. The van der Waals surface area contributed by atoms with Gasteiger partial charge in [-0.05, 0) is 5.53 Å². The summed E-state index contributed by atoms with van der Waals surface area (Å²) in [5, 5.41) is 12.3.